The van der Waals surface area contributed by atoms with E-state index in [-0.39, 0.29) is 5.95 Å². The van der Waals surface area contributed by atoms with Gasteiger partial charge in [-0.25, -0.2) is 9.97 Å². The van der Waals surface area contributed by atoms with Crippen molar-refractivity contribution >= 4 is 17.5 Å². The highest BCUT2D eigenvalue weighted by atomic mass is 35.5. The number of halogens is 1. The van der Waals surface area contributed by atoms with Crippen molar-refractivity contribution in [3.63, 3.8) is 0 Å². The predicted molar refractivity (Wildman–Crippen MR) is 79.3 cm³/mol. The highest BCUT2D eigenvalue weighted by Gasteiger charge is 2.09. The molecule has 0 bridgehead atoms. The minimum absolute atomic E-state index is 0.210. The monoisotopic (exact) mass is 285 g/mol. The minimum atomic E-state index is 0.210. The Balaban J connectivity index is 2.09. The average molecular weight is 286 g/mol. The van der Waals surface area contributed by atoms with Gasteiger partial charge in [0.05, 0.1) is 5.69 Å². The van der Waals surface area contributed by atoms with Crippen LogP contribution in [0.3, 0.4) is 0 Å². The Labute approximate surface area is 121 Å². The van der Waals surface area contributed by atoms with Crippen LogP contribution in [0.15, 0.2) is 46.9 Å². The summed E-state index contributed by atoms with van der Waals surface area (Å²) in [6, 6.07) is 13.0. The molecule has 3 rings (SSSR count). The third kappa shape index (κ3) is 2.51. The number of furan rings is 1. The van der Waals surface area contributed by atoms with Crippen LogP contribution in [-0.2, 0) is 0 Å². The highest BCUT2D eigenvalue weighted by molar-refractivity contribution is 6.30. The number of aryl methyl sites for hydroxylation is 1. The van der Waals surface area contributed by atoms with E-state index < -0.39 is 0 Å². The fourth-order valence-electron chi connectivity index (χ4n) is 1.93. The fraction of sp³-hybridized carbons (Fsp3) is 0.0667. The van der Waals surface area contributed by atoms with E-state index in [0.717, 1.165) is 17.0 Å². The fourth-order valence-corrected chi connectivity index (χ4v) is 2.06. The molecule has 0 fully saturated rings. The van der Waals surface area contributed by atoms with Gasteiger partial charge in [0.1, 0.15) is 11.5 Å². The molecule has 0 spiro atoms. The molecule has 3 aromatic rings. The Morgan fingerprint density at radius 2 is 1.70 bits per heavy atom. The summed E-state index contributed by atoms with van der Waals surface area (Å²) in [5.41, 5.74) is 8.10. The van der Waals surface area contributed by atoms with E-state index in [9.17, 15) is 0 Å². The molecule has 2 N–H and O–H groups in total. The smallest absolute Gasteiger partial charge is 0.221 e. The minimum Gasteiger partial charge on any atom is -0.460 e. The molecule has 0 atom stereocenters. The lowest BCUT2D eigenvalue weighted by Crippen LogP contribution is -1.98. The summed E-state index contributed by atoms with van der Waals surface area (Å²) in [6.07, 6.45) is 0. The molecule has 0 aliphatic heterocycles. The second-order valence-corrected chi connectivity index (χ2v) is 4.85. The van der Waals surface area contributed by atoms with Gasteiger partial charge in [-0.3, -0.25) is 0 Å². The van der Waals surface area contributed by atoms with E-state index in [2.05, 4.69) is 9.97 Å². The summed E-state index contributed by atoms with van der Waals surface area (Å²) < 4.78 is 5.57. The zero-order valence-electron chi connectivity index (χ0n) is 10.8. The molecular formula is C15H12ClN3O. The summed E-state index contributed by atoms with van der Waals surface area (Å²) in [5.74, 6) is 1.71. The Kier molecular flexibility index (Phi) is 3.16. The van der Waals surface area contributed by atoms with E-state index in [0.29, 0.717) is 16.5 Å². The molecule has 0 saturated heterocycles. The van der Waals surface area contributed by atoms with Gasteiger partial charge < -0.3 is 10.2 Å². The van der Waals surface area contributed by atoms with Crippen molar-refractivity contribution in [2.45, 2.75) is 6.92 Å². The maximum Gasteiger partial charge on any atom is 0.221 e. The van der Waals surface area contributed by atoms with Crippen LogP contribution < -0.4 is 5.73 Å². The molecule has 0 radical (unpaired) electrons. The largest absolute Gasteiger partial charge is 0.460 e. The molecule has 2 aromatic heterocycles. The van der Waals surface area contributed by atoms with Gasteiger partial charge in [-0.15, -0.1) is 0 Å². The number of aromatic nitrogens is 2. The summed E-state index contributed by atoms with van der Waals surface area (Å²) in [7, 11) is 0. The zero-order chi connectivity index (χ0) is 14.1. The van der Waals surface area contributed by atoms with Crippen LogP contribution in [0.5, 0.6) is 0 Å². The van der Waals surface area contributed by atoms with E-state index in [4.69, 9.17) is 21.8 Å². The van der Waals surface area contributed by atoms with Crippen LogP contribution in [0.4, 0.5) is 5.95 Å². The van der Waals surface area contributed by atoms with Crippen molar-refractivity contribution in [3.8, 4) is 22.7 Å². The number of nitrogen functional groups attached to an aromatic ring is 1. The second kappa shape index (κ2) is 4.98. The van der Waals surface area contributed by atoms with Gasteiger partial charge in [-0.1, -0.05) is 23.7 Å². The van der Waals surface area contributed by atoms with Gasteiger partial charge in [-0.05, 0) is 37.3 Å². The molecule has 0 amide bonds. The van der Waals surface area contributed by atoms with Crippen LogP contribution in [0.2, 0.25) is 5.02 Å². The van der Waals surface area contributed by atoms with Gasteiger partial charge in [-0.2, -0.15) is 0 Å². The van der Waals surface area contributed by atoms with Gasteiger partial charge in [0.15, 0.2) is 5.76 Å². The van der Waals surface area contributed by atoms with Crippen molar-refractivity contribution in [1.29, 1.82) is 0 Å². The normalized spacial score (nSPS) is 10.7. The molecule has 0 aliphatic carbocycles. The number of hydrogen-bond acceptors (Lipinski definition) is 4. The van der Waals surface area contributed by atoms with Crippen LogP contribution in [-0.4, -0.2) is 9.97 Å². The van der Waals surface area contributed by atoms with E-state index in [1.165, 1.54) is 0 Å². The van der Waals surface area contributed by atoms with Gasteiger partial charge in [0.25, 0.3) is 0 Å². The van der Waals surface area contributed by atoms with E-state index in [1.807, 2.05) is 49.4 Å². The molecule has 1 aromatic carbocycles. The maximum absolute atomic E-state index is 5.89. The number of anilines is 1. The number of nitrogens with zero attached hydrogens (tertiary/aromatic N) is 2. The third-order valence-electron chi connectivity index (χ3n) is 2.88. The first-order chi connectivity index (χ1) is 9.61. The summed E-state index contributed by atoms with van der Waals surface area (Å²) >= 11 is 5.89. The number of nitrogens with two attached hydrogens (primary N) is 1. The Bertz CT molecular complexity index is 750. The molecule has 20 heavy (non-hydrogen) atoms. The highest BCUT2D eigenvalue weighted by Crippen LogP contribution is 2.26. The number of hydrogen-bond donors (Lipinski definition) is 1. The van der Waals surface area contributed by atoms with Crippen LogP contribution in [0.1, 0.15) is 5.76 Å². The SMILES string of the molecule is Cc1ccc(-c2cc(-c3ccc(Cl)cc3)nc(N)n2)o1. The van der Waals surface area contributed by atoms with Crippen LogP contribution in [0, 0.1) is 6.92 Å². The van der Waals surface area contributed by atoms with Crippen molar-refractivity contribution in [1.82, 2.24) is 9.97 Å². The van der Waals surface area contributed by atoms with Crippen molar-refractivity contribution in [3.05, 3.63) is 53.2 Å². The standard InChI is InChI=1S/C15H12ClN3O/c1-9-2-7-14(20-9)13-8-12(18-15(17)19-13)10-3-5-11(16)6-4-10/h2-8H,1H3,(H2,17,18,19). The summed E-state index contributed by atoms with van der Waals surface area (Å²) in [6.45, 7) is 1.88. The Morgan fingerprint density at radius 1 is 1.00 bits per heavy atom. The van der Waals surface area contributed by atoms with Crippen LogP contribution in [0.25, 0.3) is 22.7 Å². The molecule has 100 valence electrons. The van der Waals surface area contributed by atoms with E-state index in [1.54, 1.807) is 0 Å². The molecule has 5 heteroatoms. The van der Waals surface area contributed by atoms with Crippen molar-refractivity contribution < 1.29 is 4.42 Å². The molecule has 4 nitrogen and oxygen atoms in total. The summed E-state index contributed by atoms with van der Waals surface area (Å²) in [4.78, 5) is 8.46. The number of rotatable bonds is 2. The van der Waals surface area contributed by atoms with Gasteiger partial charge >= 0.3 is 0 Å². The van der Waals surface area contributed by atoms with Gasteiger partial charge in [0, 0.05) is 10.6 Å². The first-order valence-corrected chi connectivity index (χ1v) is 6.47. The van der Waals surface area contributed by atoms with E-state index >= 15 is 0 Å². The molecule has 0 saturated carbocycles. The van der Waals surface area contributed by atoms with Crippen molar-refractivity contribution in [2.75, 3.05) is 5.73 Å². The summed E-state index contributed by atoms with van der Waals surface area (Å²) in [5, 5.41) is 0.678. The Morgan fingerprint density at radius 3 is 2.35 bits per heavy atom. The number of benzene rings is 1. The first-order valence-electron chi connectivity index (χ1n) is 6.09. The second-order valence-electron chi connectivity index (χ2n) is 4.41. The lowest BCUT2D eigenvalue weighted by Gasteiger charge is -2.04. The van der Waals surface area contributed by atoms with Gasteiger partial charge in [0.2, 0.25) is 5.95 Å². The lowest BCUT2D eigenvalue weighted by molar-refractivity contribution is 0.546. The Hall–Kier alpha value is -2.33. The topological polar surface area (TPSA) is 64.9 Å². The average Bonchev–Trinajstić information content (AvgIpc) is 2.85. The van der Waals surface area contributed by atoms with Crippen molar-refractivity contribution in [2.24, 2.45) is 0 Å². The molecule has 0 aliphatic rings. The maximum atomic E-state index is 5.89. The lowest BCUT2D eigenvalue weighted by atomic mass is 10.1. The third-order valence-corrected chi connectivity index (χ3v) is 3.13. The molecule has 2 heterocycles. The zero-order valence-corrected chi connectivity index (χ0v) is 11.6. The quantitative estimate of drug-likeness (QED) is 0.774. The molecular weight excluding hydrogens is 274 g/mol. The molecule has 0 unspecified atom stereocenters. The predicted octanol–water partition coefficient (Wildman–Crippen LogP) is 3.95. The van der Waals surface area contributed by atoms with Crippen LogP contribution >= 0.6 is 11.6 Å². The first kappa shape index (κ1) is 12.7.